The Morgan fingerprint density at radius 1 is 0.905 bits per heavy atom. The zero-order valence-corrected chi connectivity index (χ0v) is 12.6. The highest BCUT2D eigenvalue weighted by molar-refractivity contribution is 5.81. The van der Waals surface area contributed by atoms with E-state index in [0.717, 1.165) is 18.0 Å². The Kier molecular flexibility index (Phi) is 3.57. The van der Waals surface area contributed by atoms with E-state index in [1.165, 1.54) is 22.2 Å². The normalized spacial score (nSPS) is 10.8. The van der Waals surface area contributed by atoms with E-state index in [2.05, 4.69) is 47.9 Å². The summed E-state index contributed by atoms with van der Waals surface area (Å²) in [7, 11) is 3.32. The molecule has 0 spiro atoms. The van der Waals surface area contributed by atoms with Gasteiger partial charge >= 0.3 is 0 Å². The van der Waals surface area contributed by atoms with E-state index >= 15 is 0 Å². The van der Waals surface area contributed by atoms with Gasteiger partial charge in [0.15, 0.2) is 11.5 Å². The molecule has 0 saturated heterocycles. The third kappa shape index (κ3) is 2.47. The number of aromatic nitrogens is 1. The van der Waals surface area contributed by atoms with Crippen LogP contribution in [0.5, 0.6) is 11.5 Å². The standard InChI is InChI=1S/C18H19NO2/c1-13-10-15-6-4-5-7-16(15)19(13)12-14-8-9-17(20-2)18(11-14)21-3/h4-11H,12H2,1-3H3. The van der Waals surface area contributed by atoms with Crippen LogP contribution >= 0.6 is 0 Å². The second-order valence-electron chi connectivity index (χ2n) is 5.12. The Morgan fingerprint density at radius 3 is 2.43 bits per heavy atom. The summed E-state index contributed by atoms with van der Waals surface area (Å²) in [4.78, 5) is 0. The first kappa shape index (κ1) is 13.6. The highest BCUT2D eigenvalue weighted by Crippen LogP contribution is 2.29. The minimum absolute atomic E-state index is 0.760. The van der Waals surface area contributed by atoms with Gasteiger partial charge in [0.25, 0.3) is 0 Å². The van der Waals surface area contributed by atoms with Crippen LogP contribution in [0.1, 0.15) is 11.3 Å². The number of aryl methyl sites for hydroxylation is 1. The summed E-state index contributed by atoms with van der Waals surface area (Å²) in [5, 5.41) is 1.27. The zero-order valence-electron chi connectivity index (χ0n) is 12.6. The van der Waals surface area contributed by atoms with Crippen molar-refractivity contribution in [2.45, 2.75) is 13.5 Å². The molecule has 1 heterocycles. The lowest BCUT2D eigenvalue weighted by Crippen LogP contribution is -2.02. The van der Waals surface area contributed by atoms with Gasteiger partial charge in [0, 0.05) is 17.8 Å². The van der Waals surface area contributed by atoms with Crippen molar-refractivity contribution >= 4 is 10.9 Å². The van der Waals surface area contributed by atoms with Crippen LogP contribution in [-0.4, -0.2) is 18.8 Å². The van der Waals surface area contributed by atoms with Crippen LogP contribution in [0.4, 0.5) is 0 Å². The molecular formula is C18H19NO2. The maximum absolute atomic E-state index is 5.38. The van der Waals surface area contributed by atoms with Crippen molar-refractivity contribution in [1.82, 2.24) is 4.57 Å². The van der Waals surface area contributed by atoms with Gasteiger partial charge < -0.3 is 14.0 Å². The average Bonchev–Trinajstić information content (AvgIpc) is 2.83. The number of rotatable bonds is 4. The fraction of sp³-hybridized carbons (Fsp3) is 0.222. The average molecular weight is 281 g/mol. The fourth-order valence-electron chi connectivity index (χ4n) is 2.72. The molecule has 3 nitrogen and oxygen atoms in total. The minimum Gasteiger partial charge on any atom is -0.493 e. The first-order chi connectivity index (χ1) is 10.2. The highest BCUT2D eigenvalue weighted by Gasteiger charge is 2.08. The summed E-state index contributed by atoms with van der Waals surface area (Å²) in [6.07, 6.45) is 0. The van der Waals surface area contributed by atoms with Gasteiger partial charge in [-0.3, -0.25) is 0 Å². The third-order valence-electron chi connectivity index (χ3n) is 3.81. The van der Waals surface area contributed by atoms with Gasteiger partial charge in [-0.15, -0.1) is 0 Å². The van der Waals surface area contributed by atoms with Gasteiger partial charge in [-0.25, -0.2) is 0 Å². The van der Waals surface area contributed by atoms with Crippen molar-refractivity contribution in [3.8, 4) is 11.5 Å². The molecule has 3 aromatic rings. The summed E-state index contributed by atoms with van der Waals surface area (Å²) in [6, 6.07) is 16.7. The van der Waals surface area contributed by atoms with Crippen molar-refractivity contribution in [3.05, 3.63) is 59.8 Å². The maximum atomic E-state index is 5.38. The van der Waals surface area contributed by atoms with E-state index in [0.29, 0.717) is 0 Å². The Bertz CT molecular complexity index is 774. The number of nitrogens with zero attached hydrogens (tertiary/aromatic N) is 1. The predicted molar refractivity (Wildman–Crippen MR) is 85.3 cm³/mol. The summed E-state index contributed by atoms with van der Waals surface area (Å²) in [6.45, 7) is 2.96. The Hall–Kier alpha value is -2.42. The monoisotopic (exact) mass is 281 g/mol. The second kappa shape index (κ2) is 5.52. The summed E-state index contributed by atoms with van der Waals surface area (Å²) in [5.74, 6) is 1.53. The van der Waals surface area contributed by atoms with Crippen molar-refractivity contribution in [2.75, 3.05) is 14.2 Å². The number of benzene rings is 2. The van der Waals surface area contributed by atoms with Crippen molar-refractivity contribution < 1.29 is 9.47 Å². The molecule has 0 unspecified atom stereocenters. The molecule has 3 heteroatoms. The third-order valence-corrected chi connectivity index (χ3v) is 3.81. The van der Waals surface area contributed by atoms with Gasteiger partial charge in [0.05, 0.1) is 14.2 Å². The second-order valence-corrected chi connectivity index (χ2v) is 5.12. The molecule has 108 valence electrons. The minimum atomic E-state index is 0.760. The molecule has 0 aliphatic rings. The molecule has 21 heavy (non-hydrogen) atoms. The van der Waals surface area contributed by atoms with Crippen molar-refractivity contribution in [3.63, 3.8) is 0 Å². The van der Waals surface area contributed by atoms with E-state index in [1.807, 2.05) is 12.1 Å². The molecule has 0 aliphatic carbocycles. The van der Waals surface area contributed by atoms with Gasteiger partial charge in [-0.05, 0) is 42.1 Å². The first-order valence-electron chi connectivity index (χ1n) is 6.98. The lowest BCUT2D eigenvalue weighted by Gasteiger charge is -2.12. The molecule has 0 atom stereocenters. The number of methoxy groups -OCH3 is 2. The molecule has 0 saturated carbocycles. The topological polar surface area (TPSA) is 23.4 Å². The first-order valence-corrected chi connectivity index (χ1v) is 6.98. The predicted octanol–water partition coefficient (Wildman–Crippen LogP) is 4.02. The molecule has 0 bridgehead atoms. The molecule has 0 aliphatic heterocycles. The van der Waals surface area contributed by atoms with E-state index in [1.54, 1.807) is 14.2 Å². The SMILES string of the molecule is COc1ccc(Cn2c(C)cc3ccccc32)cc1OC. The molecule has 3 rings (SSSR count). The lowest BCUT2D eigenvalue weighted by molar-refractivity contribution is 0.354. The van der Waals surface area contributed by atoms with E-state index in [-0.39, 0.29) is 0 Å². The molecule has 0 fully saturated rings. The van der Waals surface area contributed by atoms with Crippen LogP contribution in [-0.2, 0) is 6.54 Å². The molecule has 0 radical (unpaired) electrons. The summed E-state index contributed by atoms with van der Waals surface area (Å²) >= 11 is 0. The molecule has 0 amide bonds. The summed E-state index contributed by atoms with van der Waals surface area (Å²) in [5.41, 5.74) is 3.70. The van der Waals surface area contributed by atoms with Crippen LogP contribution in [0.15, 0.2) is 48.5 Å². The van der Waals surface area contributed by atoms with Gasteiger partial charge in [0.2, 0.25) is 0 Å². The smallest absolute Gasteiger partial charge is 0.161 e. The fourth-order valence-corrected chi connectivity index (χ4v) is 2.72. The largest absolute Gasteiger partial charge is 0.493 e. The lowest BCUT2D eigenvalue weighted by atomic mass is 10.2. The van der Waals surface area contributed by atoms with Gasteiger partial charge in [-0.1, -0.05) is 24.3 Å². The van der Waals surface area contributed by atoms with Crippen LogP contribution in [0.3, 0.4) is 0 Å². The maximum Gasteiger partial charge on any atom is 0.161 e. The highest BCUT2D eigenvalue weighted by atomic mass is 16.5. The zero-order chi connectivity index (χ0) is 14.8. The Labute approximate surface area is 124 Å². The van der Waals surface area contributed by atoms with Crippen LogP contribution < -0.4 is 9.47 Å². The van der Waals surface area contributed by atoms with Crippen molar-refractivity contribution in [1.29, 1.82) is 0 Å². The van der Waals surface area contributed by atoms with Crippen LogP contribution in [0, 0.1) is 6.92 Å². The van der Waals surface area contributed by atoms with E-state index in [9.17, 15) is 0 Å². The molecule has 0 N–H and O–H groups in total. The molecule has 2 aromatic carbocycles. The van der Waals surface area contributed by atoms with Crippen LogP contribution in [0.2, 0.25) is 0 Å². The molecule has 1 aromatic heterocycles. The Morgan fingerprint density at radius 2 is 1.67 bits per heavy atom. The summed E-state index contributed by atoms with van der Waals surface area (Å²) < 4.78 is 13.0. The van der Waals surface area contributed by atoms with E-state index < -0.39 is 0 Å². The molecular weight excluding hydrogens is 262 g/mol. The number of fused-ring (bicyclic) bond motifs is 1. The van der Waals surface area contributed by atoms with Gasteiger partial charge in [0.1, 0.15) is 0 Å². The Balaban J connectivity index is 2.00. The number of para-hydroxylation sites is 1. The number of hydrogen-bond donors (Lipinski definition) is 0. The number of hydrogen-bond acceptors (Lipinski definition) is 2. The van der Waals surface area contributed by atoms with Gasteiger partial charge in [-0.2, -0.15) is 0 Å². The quantitative estimate of drug-likeness (QED) is 0.721. The van der Waals surface area contributed by atoms with E-state index in [4.69, 9.17) is 9.47 Å². The van der Waals surface area contributed by atoms with Crippen molar-refractivity contribution in [2.24, 2.45) is 0 Å². The van der Waals surface area contributed by atoms with Crippen LogP contribution in [0.25, 0.3) is 10.9 Å². The number of ether oxygens (including phenoxy) is 2.